The van der Waals surface area contributed by atoms with Crippen molar-refractivity contribution in [3.63, 3.8) is 0 Å². The first-order valence-corrected chi connectivity index (χ1v) is 7.73. The Morgan fingerprint density at radius 2 is 2.12 bits per heavy atom. The minimum Gasteiger partial charge on any atom is -0.468 e. The molecule has 5 nitrogen and oxygen atoms in total. The average Bonchev–Trinajstić information content (AvgIpc) is 3.05. The number of carbonyl (C=O) groups is 1. The molecule has 2 rings (SSSR count). The summed E-state index contributed by atoms with van der Waals surface area (Å²) in [6.07, 6.45) is 2.64. The first-order valence-electron chi connectivity index (χ1n) is 7.73. The molecule has 0 aliphatic heterocycles. The predicted molar refractivity (Wildman–Crippen MR) is 84.0 cm³/mol. The molecule has 8 heteroatoms. The number of hydrogen-bond donors (Lipinski definition) is 1. The van der Waals surface area contributed by atoms with Crippen molar-refractivity contribution in [1.29, 1.82) is 0 Å². The third kappa shape index (κ3) is 5.43. The van der Waals surface area contributed by atoms with E-state index in [0.717, 1.165) is 25.7 Å². The molecule has 0 bridgehead atoms. The fraction of sp³-hybridized carbons (Fsp3) is 0.500. The molecule has 132 valence electrons. The summed E-state index contributed by atoms with van der Waals surface area (Å²) in [4.78, 5) is 17.9. The first-order chi connectivity index (χ1) is 11.4. The summed E-state index contributed by atoms with van der Waals surface area (Å²) in [5.41, 5.74) is 0.395. The van der Waals surface area contributed by atoms with Crippen LogP contribution in [0.1, 0.15) is 25.7 Å². The van der Waals surface area contributed by atoms with Crippen LogP contribution in [0, 0.1) is 0 Å². The summed E-state index contributed by atoms with van der Waals surface area (Å²) in [7, 11) is 0. The number of alkyl halides is 3. The van der Waals surface area contributed by atoms with Crippen molar-refractivity contribution in [1.82, 2.24) is 9.88 Å². The molecule has 0 unspecified atom stereocenters. The van der Waals surface area contributed by atoms with Gasteiger partial charge in [-0.3, -0.25) is 0 Å². The minimum atomic E-state index is -4.42. The topological polar surface area (TPSA) is 54.5 Å². The molecule has 0 saturated heterocycles. The van der Waals surface area contributed by atoms with Crippen LogP contribution in [0.5, 0.6) is 5.88 Å². The van der Waals surface area contributed by atoms with Crippen molar-refractivity contribution in [3.8, 4) is 5.88 Å². The van der Waals surface area contributed by atoms with Crippen molar-refractivity contribution in [2.24, 2.45) is 0 Å². The standard InChI is InChI=1S/C16H20F3N3O2/c1-2-9-22(13-5-3-4-6-13)15(23)21-12-7-8-14(20-10-12)24-11-16(17,18)19/h2,7-8,10,13H,1,3-6,9,11H2,(H,21,23). The van der Waals surface area contributed by atoms with Crippen molar-refractivity contribution in [2.45, 2.75) is 37.9 Å². The highest BCUT2D eigenvalue weighted by Gasteiger charge is 2.29. The maximum atomic E-state index is 12.4. The average molecular weight is 343 g/mol. The van der Waals surface area contributed by atoms with Crippen LogP contribution in [0.4, 0.5) is 23.7 Å². The Hall–Kier alpha value is -2.25. The summed E-state index contributed by atoms with van der Waals surface area (Å²) < 4.78 is 40.8. The molecular formula is C16H20F3N3O2. The number of nitrogens with zero attached hydrogens (tertiary/aromatic N) is 2. The van der Waals surface area contributed by atoms with Gasteiger partial charge in [-0.15, -0.1) is 6.58 Å². The fourth-order valence-corrected chi connectivity index (χ4v) is 2.64. The fourth-order valence-electron chi connectivity index (χ4n) is 2.64. The number of anilines is 1. The Bertz CT molecular complexity index is 555. The second kappa shape index (κ2) is 8.03. The van der Waals surface area contributed by atoms with E-state index in [-0.39, 0.29) is 18.0 Å². The van der Waals surface area contributed by atoms with Crippen LogP contribution >= 0.6 is 0 Å². The summed E-state index contributed by atoms with van der Waals surface area (Å²) in [6, 6.07) is 2.66. The van der Waals surface area contributed by atoms with Crippen molar-refractivity contribution in [2.75, 3.05) is 18.5 Å². The van der Waals surface area contributed by atoms with Gasteiger partial charge in [0.05, 0.1) is 11.9 Å². The summed E-state index contributed by atoms with van der Waals surface area (Å²) in [5, 5.41) is 2.70. The van der Waals surface area contributed by atoms with Gasteiger partial charge in [0.25, 0.3) is 0 Å². The maximum absolute atomic E-state index is 12.4. The highest BCUT2D eigenvalue weighted by atomic mass is 19.4. The van der Waals surface area contributed by atoms with Gasteiger partial charge in [0.2, 0.25) is 5.88 Å². The smallest absolute Gasteiger partial charge is 0.422 e. The van der Waals surface area contributed by atoms with Crippen molar-refractivity contribution >= 4 is 11.7 Å². The van der Waals surface area contributed by atoms with E-state index in [1.807, 2.05) is 0 Å². The monoisotopic (exact) mass is 343 g/mol. The molecule has 0 radical (unpaired) electrons. The Morgan fingerprint density at radius 1 is 1.42 bits per heavy atom. The zero-order chi connectivity index (χ0) is 17.6. The number of urea groups is 1. The summed E-state index contributed by atoms with van der Waals surface area (Å²) in [5.74, 6) is -0.149. The molecule has 1 saturated carbocycles. The number of aromatic nitrogens is 1. The molecule has 1 aromatic heterocycles. The molecule has 1 heterocycles. The van der Waals surface area contributed by atoms with Gasteiger partial charge in [-0.2, -0.15) is 13.2 Å². The van der Waals surface area contributed by atoms with Crippen molar-refractivity contribution < 1.29 is 22.7 Å². The van der Waals surface area contributed by atoms with Crippen LogP contribution < -0.4 is 10.1 Å². The summed E-state index contributed by atoms with van der Waals surface area (Å²) >= 11 is 0. The summed E-state index contributed by atoms with van der Waals surface area (Å²) in [6.45, 7) is 2.71. The number of pyridine rings is 1. The lowest BCUT2D eigenvalue weighted by Crippen LogP contribution is -2.41. The normalized spacial score (nSPS) is 15.1. The van der Waals surface area contributed by atoms with Crippen LogP contribution in [-0.4, -0.2) is 41.3 Å². The Labute approximate surface area is 138 Å². The molecule has 1 N–H and O–H groups in total. The van der Waals surface area contributed by atoms with Crippen LogP contribution in [0.25, 0.3) is 0 Å². The number of amides is 2. The van der Waals surface area contributed by atoms with Crippen molar-refractivity contribution in [3.05, 3.63) is 31.0 Å². The molecule has 1 fully saturated rings. The molecule has 0 aromatic carbocycles. The third-order valence-electron chi connectivity index (χ3n) is 3.72. The van der Waals surface area contributed by atoms with E-state index in [4.69, 9.17) is 0 Å². The number of halogens is 3. The van der Waals surface area contributed by atoms with E-state index >= 15 is 0 Å². The van der Waals surface area contributed by atoms with Gasteiger partial charge in [0.1, 0.15) is 0 Å². The molecule has 1 aromatic rings. The molecule has 0 atom stereocenters. The number of hydrogen-bond acceptors (Lipinski definition) is 3. The Kier molecular flexibility index (Phi) is 6.05. The number of rotatable bonds is 6. The van der Waals surface area contributed by atoms with E-state index in [9.17, 15) is 18.0 Å². The minimum absolute atomic E-state index is 0.149. The van der Waals surface area contributed by atoms with E-state index in [1.54, 1.807) is 11.0 Å². The van der Waals surface area contributed by atoms with Gasteiger partial charge in [-0.05, 0) is 18.9 Å². The maximum Gasteiger partial charge on any atom is 0.422 e. The SMILES string of the molecule is C=CCN(C(=O)Nc1ccc(OCC(F)(F)F)nc1)C1CCCC1. The van der Waals surface area contributed by atoms with Gasteiger partial charge in [0.15, 0.2) is 6.61 Å². The second-order valence-corrected chi connectivity index (χ2v) is 5.60. The predicted octanol–water partition coefficient (Wildman–Crippen LogP) is 3.99. The molecular weight excluding hydrogens is 323 g/mol. The largest absolute Gasteiger partial charge is 0.468 e. The van der Waals surface area contributed by atoms with Crippen LogP contribution in [0.2, 0.25) is 0 Å². The Morgan fingerprint density at radius 3 is 2.67 bits per heavy atom. The number of ether oxygens (including phenoxy) is 1. The number of nitrogens with one attached hydrogen (secondary N) is 1. The van der Waals surface area contributed by atoms with Gasteiger partial charge in [-0.1, -0.05) is 18.9 Å². The highest BCUT2D eigenvalue weighted by molar-refractivity contribution is 5.89. The highest BCUT2D eigenvalue weighted by Crippen LogP contribution is 2.24. The lowest BCUT2D eigenvalue weighted by molar-refractivity contribution is -0.154. The Balaban J connectivity index is 1.93. The molecule has 1 aliphatic carbocycles. The molecule has 2 amide bonds. The zero-order valence-electron chi connectivity index (χ0n) is 13.2. The second-order valence-electron chi connectivity index (χ2n) is 5.60. The first kappa shape index (κ1) is 18.1. The van der Waals surface area contributed by atoms with E-state index < -0.39 is 12.8 Å². The van der Waals surface area contributed by atoms with E-state index in [0.29, 0.717) is 12.2 Å². The number of carbonyl (C=O) groups excluding carboxylic acids is 1. The zero-order valence-corrected chi connectivity index (χ0v) is 13.2. The quantitative estimate of drug-likeness (QED) is 0.795. The third-order valence-corrected chi connectivity index (χ3v) is 3.72. The molecule has 24 heavy (non-hydrogen) atoms. The van der Waals surface area contributed by atoms with E-state index in [1.165, 1.54) is 18.3 Å². The molecule has 0 spiro atoms. The lowest BCUT2D eigenvalue weighted by atomic mass is 10.2. The van der Waals surface area contributed by atoms with E-state index in [2.05, 4.69) is 21.6 Å². The van der Waals surface area contributed by atoms with Crippen LogP contribution in [0.3, 0.4) is 0 Å². The van der Waals surface area contributed by atoms with Gasteiger partial charge in [0, 0.05) is 18.7 Å². The van der Waals surface area contributed by atoms with Gasteiger partial charge < -0.3 is 15.0 Å². The van der Waals surface area contributed by atoms with Crippen LogP contribution in [0.15, 0.2) is 31.0 Å². The van der Waals surface area contributed by atoms with Crippen LogP contribution in [-0.2, 0) is 0 Å². The van der Waals surface area contributed by atoms with Gasteiger partial charge in [-0.25, -0.2) is 9.78 Å². The molecule has 1 aliphatic rings. The lowest BCUT2D eigenvalue weighted by Gasteiger charge is -2.28. The van der Waals surface area contributed by atoms with Gasteiger partial charge >= 0.3 is 12.2 Å².